The van der Waals surface area contributed by atoms with Crippen LogP contribution >= 0.6 is 11.8 Å². The van der Waals surface area contributed by atoms with E-state index in [-0.39, 0.29) is 22.3 Å². The van der Waals surface area contributed by atoms with Crippen molar-refractivity contribution in [3.8, 4) is 0 Å². The van der Waals surface area contributed by atoms with Crippen molar-refractivity contribution in [2.45, 2.75) is 25.5 Å². The lowest BCUT2D eigenvalue weighted by Crippen LogP contribution is -2.29. The van der Waals surface area contributed by atoms with Gasteiger partial charge in [0.2, 0.25) is 0 Å². The minimum absolute atomic E-state index is 0.181. The maximum atomic E-state index is 11.2. The van der Waals surface area contributed by atoms with Crippen LogP contribution in [-0.2, 0) is 14.4 Å². The number of benzene rings is 1. The van der Waals surface area contributed by atoms with Gasteiger partial charge in [-0.1, -0.05) is 18.2 Å². The molecule has 0 spiro atoms. The SMILES string of the molecule is CSC(C)(C)C(C)=O.O=C1C=CC(=O)N1c1ccccc1. The summed E-state index contributed by atoms with van der Waals surface area (Å²) in [5.41, 5.74) is 0.613. The zero-order valence-corrected chi connectivity index (χ0v) is 13.4. The van der Waals surface area contributed by atoms with E-state index in [4.69, 9.17) is 0 Å². The lowest BCUT2D eigenvalue weighted by Gasteiger charge is -2.16. The van der Waals surface area contributed by atoms with Crippen LogP contribution in [0.4, 0.5) is 5.69 Å². The largest absolute Gasteiger partial charge is 0.298 e. The Morgan fingerprint density at radius 2 is 1.52 bits per heavy atom. The van der Waals surface area contributed by atoms with Crippen LogP contribution in [0.25, 0.3) is 0 Å². The third-order valence-corrected chi connectivity index (χ3v) is 4.49. The third kappa shape index (κ3) is 4.56. The molecule has 1 aromatic rings. The van der Waals surface area contributed by atoms with Gasteiger partial charge in [-0.3, -0.25) is 14.4 Å². The smallest absolute Gasteiger partial charge is 0.258 e. The molecule has 0 bridgehead atoms. The number of carbonyl (C=O) groups is 3. The minimum Gasteiger partial charge on any atom is -0.298 e. The molecule has 1 aliphatic rings. The number of carbonyl (C=O) groups excluding carboxylic acids is 3. The number of anilines is 1. The Kier molecular flexibility index (Phi) is 5.90. The highest BCUT2D eigenvalue weighted by molar-refractivity contribution is 8.00. The number of thioether (sulfide) groups is 1. The average molecular weight is 305 g/mol. The maximum Gasteiger partial charge on any atom is 0.258 e. The van der Waals surface area contributed by atoms with Crippen molar-refractivity contribution in [3.63, 3.8) is 0 Å². The van der Waals surface area contributed by atoms with Gasteiger partial charge in [-0.25, -0.2) is 4.90 Å². The molecule has 0 unspecified atom stereocenters. The average Bonchev–Trinajstić information content (AvgIpc) is 2.79. The molecule has 0 radical (unpaired) electrons. The van der Waals surface area contributed by atoms with E-state index in [9.17, 15) is 14.4 Å². The van der Waals surface area contributed by atoms with Crippen LogP contribution in [0.3, 0.4) is 0 Å². The van der Waals surface area contributed by atoms with E-state index in [1.54, 1.807) is 43.0 Å². The lowest BCUT2D eigenvalue weighted by molar-refractivity contribution is -0.120. The normalized spacial score (nSPS) is 14.0. The van der Waals surface area contributed by atoms with Gasteiger partial charge in [-0.05, 0) is 39.2 Å². The molecule has 112 valence electrons. The highest BCUT2D eigenvalue weighted by atomic mass is 32.2. The number of imide groups is 1. The van der Waals surface area contributed by atoms with Crippen LogP contribution in [0.2, 0.25) is 0 Å². The van der Waals surface area contributed by atoms with E-state index in [1.165, 1.54) is 12.2 Å². The Labute approximate surface area is 129 Å². The van der Waals surface area contributed by atoms with Crippen molar-refractivity contribution < 1.29 is 14.4 Å². The maximum absolute atomic E-state index is 11.2. The molecule has 4 nitrogen and oxygen atoms in total. The molecule has 1 aliphatic heterocycles. The highest BCUT2D eigenvalue weighted by Gasteiger charge is 2.24. The van der Waals surface area contributed by atoms with Crippen LogP contribution in [0.15, 0.2) is 42.5 Å². The van der Waals surface area contributed by atoms with E-state index < -0.39 is 0 Å². The molecule has 0 atom stereocenters. The second kappa shape index (κ2) is 7.22. The molecule has 0 saturated carbocycles. The summed E-state index contributed by atoms with van der Waals surface area (Å²) in [6.07, 6.45) is 4.49. The lowest BCUT2D eigenvalue weighted by atomic mass is 10.1. The van der Waals surface area contributed by atoms with E-state index >= 15 is 0 Å². The Hall–Kier alpha value is -1.88. The van der Waals surface area contributed by atoms with Crippen molar-refractivity contribution in [1.82, 2.24) is 0 Å². The summed E-state index contributed by atoms with van der Waals surface area (Å²) >= 11 is 1.59. The molecule has 5 heteroatoms. The molecular formula is C16H19NO3S. The van der Waals surface area contributed by atoms with Crippen LogP contribution in [-0.4, -0.2) is 28.6 Å². The predicted molar refractivity (Wildman–Crippen MR) is 86.4 cm³/mol. The first-order valence-corrected chi connectivity index (χ1v) is 7.69. The van der Waals surface area contributed by atoms with E-state index in [1.807, 2.05) is 26.2 Å². The van der Waals surface area contributed by atoms with Gasteiger partial charge in [-0.2, -0.15) is 11.8 Å². The van der Waals surface area contributed by atoms with Gasteiger partial charge < -0.3 is 0 Å². The Balaban J connectivity index is 0.000000240. The molecule has 1 aromatic carbocycles. The molecule has 0 saturated heterocycles. The summed E-state index contributed by atoms with van der Waals surface area (Å²) in [6.45, 7) is 5.48. The summed E-state index contributed by atoms with van der Waals surface area (Å²) in [6, 6.07) is 8.86. The summed E-state index contributed by atoms with van der Waals surface area (Å²) in [4.78, 5) is 34.2. The number of Topliss-reactive ketones (excluding diaryl/α,β-unsaturated/α-hetero) is 1. The Bertz CT molecular complexity index is 546. The molecule has 0 aliphatic carbocycles. The fourth-order valence-electron chi connectivity index (χ4n) is 1.38. The van der Waals surface area contributed by atoms with Gasteiger partial charge in [0.1, 0.15) is 5.78 Å². The van der Waals surface area contributed by atoms with Crippen LogP contribution in [0, 0.1) is 0 Å². The molecule has 0 fully saturated rings. The second-order valence-electron chi connectivity index (χ2n) is 4.95. The number of rotatable bonds is 3. The van der Waals surface area contributed by atoms with Gasteiger partial charge in [-0.15, -0.1) is 0 Å². The van der Waals surface area contributed by atoms with E-state index in [0.717, 1.165) is 4.90 Å². The van der Waals surface area contributed by atoms with Gasteiger partial charge in [0.15, 0.2) is 0 Å². The van der Waals surface area contributed by atoms with Gasteiger partial charge >= 0.3 is 0 Å². The quantitative estimate of drug-likeness (QED) is 0.806. The van der Waals surface area contributed by atoms with Crippen molar-refractivity contribution >= 4 is 35.0 Å². The minimum atomic E-state index is -0.281. The van der Waals surface area contributed by atoms with Gasteiger partial charge in [0.05, 0.1) is 10.4 Å². The number of nitrogens with zero attached hydrogens (tertiary/aromatic N) is 1. The van der Waals surface area contributed by atoms with Crippen LogP contribution in [0.1, 0.15) is 20.8 Å². The van der Waals surface area contributed by atoms with Crippen LogP contribution in [0.5, 0.6) is 0 Å². The fourth-order valence-corrected chi connectivity index (χ4v) is 1.66. The first-order chi connectivity index (χ1) is 9.79. The summed E-state index contributed by atoms with van der Waals surface area (Å²) in [5, 5.41) is 0. The molecule has 21 heavy (non-hydrogen) atoms. The molecule has 1 heterocycles. The molecular weight excluding hydrogens is 286 g/mol. The van der Waals surface area contributed by atoms with E-state index in [0.29, 0.717) is 5.69 Å². The van der Waals surface area contributed by atoms with Crippen molar-refractivity contribution in [2.24, 2.45) is 0 Å². The molecule has 0 N–H and O–H groups in total. The van der Waals surface area contributed by atoms with Crippen molar-refractivity contribution in [2.75, 3.05) is 11.2 Å². The second-order valence-corrected chi connectivity index (χ2v) is 6.38. The third-order valence-electron chi connectivity index (χ3n) is 3.18. The van der Waals surface area contributed by atoms with Crippen molar-refractivity contribution in [1.29, 1.82) is 0 Å². The number of hydrogen-bond donors (Lipinski definition) is 0. The summed E-state index contributed by atoms with van der Waals surface area (Å²) in [7, 11) is 0. The molecule has 0 aromatic heterocycles. The van der Waals surface area contributed by atoms with Gasteiger partial charge in [0, 0.05) is 12.2 Å². The van der Waals surface area contributed by atoms with Crippen LogP contribution < -0.4 is 4.90 Å². The summed E-state index contributed by atoms with van der Waals surface area (Å²) < 4.78 is -0.181. The first-order valence-electron chi connectivity index (χ1n) is 6.47. The molecule has 2 rings (SSSR count). The van der Waals surface area contributed by atoms with Crippen molar-refractivity contribution in [3.05, 3.63) is 42.5 Å². The monoisotopic (exact) mass is 305 g/mol. The Morgan fingerprint density at radius 1 is 1.05 bits per heavy atom. The Morgan fingerprint density at radius 3 is 1.86 bits per heavy atom. The number of para-hydroxylation sites is 1. The first kappa shape index (κ1) is 17.2. The number of amides is 2. The topological polar surface area (TPSA) is 54.5 Å². The highest BCUT2D eigenvalue weighted by Crippen LogP contribution is 2.21. The standard InChI is InChI=1S/C10H7NO2.C6H12OS/c12-9-6-7-10(13)11(9)8-4-2-1-3-5-8;1-5(7)6(2,3)8-4/h1-7H;1-4H3. The summed E-state index contributed by atoms with van der Waals surface area (Å²) in [5.74, 6) is -0.322. The predicted octanol–water partition coefficient (Wildman–Crippen LogP) is 2.83. The zero-order valence-electron chi connectivity index (χ0n) is 12.6. The van der Waals surface area contributed by atoms with Gasteiger partial charge in [0.25, 0.3) is 11.8 Å². The fraction of sp³-hybridized carbons (Fsp3) is 0.312. The van der Waals surface area contributed by atoms with E-state index in [2.05, 4.69) is 0 Å². The zero-order chi connectivity index (χ0) is 16.0. The molecule has 2 amide bonds. The number of ketones is 1. The number of hydrogen-bond acceptors (Lipinski definition) is 4.